The van der Waals surface area contributed by atoms with Crippen molar-refractivity contribution in [2.75, 3.05) is 33.5 Å². The quantitative estimate of drug-likeness (QED) is 0.576. The Kier molecular flexibility index (Phi) is 7.43. The van der Waals surface area contributed by atoms with Crippen molar-refractivity contribution >= 4 is 5.97 Å². The Hall–Kier alpha value is -2.64. The van der Waals surface area contributed by atoms with E-state index in [0.29, 0.717) is 36.9 Å². The molecule has 0 aromatic heterocycles. The fraction of sp³-hybridized carbons (Fsp3) is 0.519. The number of hydrogen-bond acceptors (Lipinski definition) is 5. The summed E-state index contributed by atoms with van der Waals surface area (Å²) in [7, 11) is 1.48. The van der Waals surface area contributed by atoms with E-state index in [1.165, 1.54) is 7.11 Å². The number of halogens is 1. The SMILES string of the molecule is COc1c(C)c(C)cc(-c2ccc(OC3(C(=O)O)CCOCC3)cc2CCC2CCOC2)c1F. The summed E-state index contributed by atoms with van der Waals surface area (Å²) >= 11 is 0. The fourth-order valence-electron chi connectivity index (χ4n) is 4.85. The molecule has 0 saturated carbocycles. The van der Waals surface area contributed by atoms with E-state index in [1.807, 2.05) is 32.0 Å². The first kappa shape index (κ1) is 24.5. The molecule has 34 heavy (non-hydrogen) atoms. The first-order chi connectivity index (χ1) is 16.3. The van der Waals surface area contributed by atoms with Crippen molar-refractivity contribution < 1.29 is 33.2 Å². The molecule has 2 fully saturated rings. The molecule has 7 heteroatoms. The molecule has 6 nitrogen and oxygen atoms in total. The van der Waals surface area contributed by atoms with Crippen molar-refractivity contribution in [3.8, 4) is 22.6 Å². The van der Waals surface area contributed by atoms with Gasteiger partial charge in [0.25, 0.3) is 0 Å². The van der Waals surface area contributed by atoms with Crippen LogP contribution in [-0.2, 0) is 20.7 Å². The lowest BCUT2D eigenvalue weighted by molar-refractivity contribution is -0.163. The monoisotopic (exact) mass is 472 g/mol. The number of ether oxygens (including phenoxy) is 4. The van der Waals surface area contributed by atoms with Crippen LogP contribution in [0.25, 0.3) is 11.1 Å². The number of methoxy groups -OCH3 is 1. The van der Waals surface area contributed by atoms with Gasteiger partial charge < -0.3 is 24.1 Å². The number of rotatable bonds is 8. The minimum Gasteiger partial charge on any atom is -0.493 e. The van der Waals surface area contributed by atoms with Crippen LogP contribution in [-0.4, -0.2) is 50.2 Å². The maximum atomic E-state index is 15.5. The highest BCUT2D eigenvalue weighted by atomic mass is 19.1. The lowest BCUT2D eigenvalue weighted by Crippen LogP contribution is -2.49. The number of aryl methyl sites for hydroxylation is 2. The average molecular weight is 473 g/mol. The summed E-state index contributed by atoms with van der Waals surface area (Å²) in [6.07, 6.45) is 3.18. The molecule has 184 valence electrons. The maximum absolute atomic E-state index is 15.5. The normalized spacial score (nSPS) is 19.7. The standard InChI is InChI=1S/C27H33FO6/c1-17-14-23(24(28)25(31-3)18(17)2)22-7-6-21(15-20(22)5-4-19-8-11-33-16-19)34-27(26(29)30)9-12-32-13-10-27/h6-7,14-15,19H,4-5,8-13,16H2,1-3H3,(H,29,30). The molecular weight excluding hydrogens is 439 g/mol. The van der Waals surface area contributed by atoms with Gasteiger partial charge in [-0.3, -0.25) is 0 Å². The summed E-state index contributed by atoms with van der Waals surface area (Å²) < 4.78 is 37.8. The molecule has 2 aromatic carbocycles. The predicted octanol–water partition coefficient (Wildman–Crippen LogP) is 5.10. The van der Waals surface area contributed by atoms with Crippen LogP contribution in [0.3, 0.4) is 0 Å². The van der Waals surface area contributed by atoms with E-state index in [1.54, 1.807) is 6.07 Å². The van der Waals surface area contributed by atoms with Gasteiger partial charge in [0, 0.05) is 31.6 Å². The Labute approximate surface area is 200 Å². The van der Waals surface area contributed by atoms with Crippen molar-refractivity contribution in [3.63, 3.8) is 0 Å². The van der Waals surface area contributed by atoms with E-state index in [0.717, 1.165) is 48.3 Å². The molecule has 0 aliphatic carbocycles. The minimum atomic E-state index is -1.31. The van der Waals surface area contributed by atoms with Gasteiger partial charge in [0.2, 0.25) is 5.60 Å². The topological polar surface area (TPSA) is 74.2 Å². The molecule has 0 amide bonds. The van der Waals surface area contributed by atoms with Crippen LogP contribution in [0.5, 0.6) is 11.5 Å². The van der Waals surface area contributed by atoms with Crippen LogP contribution in [0.4, 0.5) is 4.39 Å². The van der Waals surface area contributed by atoms with E-state index < -0.39 is 17.4 Å². The molecule has 0 spiro atoms. The molecule has 4 rings (SSSR count). The van der Waals surface area contributed by atoms with Gasteiger partial charge in [-0.2, -0.15) is 0 Å². The van der Waals surface area contributed by atoms with Crippen LogP contribution >= 0.6 is 0 Å². The van der Waals surface area contributed by atoms with Crippen LogP contribution in [0.1, 0.15) is 42.4 Å². The highest BCUT2D eigenvalue weighted by Crippen LogP contribution is 2.39. The third-order valence-electron chi connectivity index (χ3n) is 7.15. The summed E-state index contributed by atoms with van der Waals surface area (Å²) in [6.45, 7) is 5.97. The fourth-order valence-corrected chi connectivity index (χ4v) is 4.85. The molecule has 1 unspecified atom stereocenters. The lowest BCUT2D eigenvalue weighted by atomic mass is 9.90. The van der Waals surface area contributed by atoms with Gasteiger partial charge in [-0.05, 0) is 79.5 Å². The van der Waals surface area contributed by atoms with E-state index in [4.69, 9.17) is 18.9 Å². The molecule has 2 aliphatic heterocycles. The number of hydrogen-bond donors (Lipinski definition) is 1. The second kappa shape index (κ2) is 10.3. The van der Waals surface area contributed by atoms with Crippen molar-refractivity contribution in [3.05, 3.63) is 46.8 Å². The zero-order valence-electron chi connectivity index (χ0n) is 20.1. The van der Waals surface area contributed by atoms with Crippen LogP contribution in [0, 0.1) is 25.6 Å². The number of carboxylic acid groups (broad SMARTS) is 1. The summed E-state index contributed by atoms with van der Waals surface area (Å²) in [5.74, 6) is -0.206. The first-order valence-electron chi connectivity index (χ1n) is 11.9. The molecule has 2 aromatic rings. The zero-order valence-corrected chi connectivity index (χ0v) is 20.1. The Bertz CT molecular complexity index is 1040. The lowest BCUT2D eigenvalue weighted by Gasteiger charge is -2.33. The van der Waals surface area contributed by atoms with E-state index in [2.05, 4.69) is 0 Å². The smallest absolute Gasteiger partial charge is 0.348 e. The van der Waals surface area contributed by atoms with Gasteiger partial charge in [0.15, 0.2) is 11.6 Å². The zero-order chi connectivity index (χ0) is 24.3. The Morgan fingerprint density at radius 3 is 2.56 bits per heavy atom. The molecule has 0 radical (unpaired) electrons. The van der Waals surface area contributed by atoms with Crippen molar-refractivity contribution in [1.82, 2.24) is 0 Å². The average Bonchev–Trinajstić information content (AvgIpc) is 3.35. The Morgan fingerprint density at radius 1 is 1.15 bits per heavy atom. The van der Waals surface area contributed by atoms with Gasteiger partial charge in [0.05, 0.1) is 20.3 Å². The Morgan fingerprint density at radius 2 is 1.91 bits per heavy atom. The molecule has 2 saturated heterocycles. The molecule has 2 aliphatic rings. The number of carboxylic acids is 1. The maximum Gasteiger partial charge on any atom is 0.348 e. The van der Waals surface area contributed by atoms with Crippen molar-refractivity contribution in [2.45, 2.75) is 51.6 Å². The number of aliphatic carboxylic acids is 1. The van der Waals surface area contributed by atoms with Gasteiger partial charge in [0.1, 0.15) is 5.75 Å². The second-order valence-electron chi connectivity index (χ2n) is 9.31. The minimum absolute atomic E-state index is 0.248. The predicted molar refractivity (Wildman–Crippen MR) is 126 cm³/mol. The van der Waals surface area contributed by atoms with Gasteiger partial charge >= 0.3 is 5.97 Å². The van der Waals surface area contributed by atoms with E-state index in [-0.39, 0.29) is 18.6 Å². The van der Waals surface area contributed by atoms with Crippen molar-refractivity contribution in [1.29, 1.82) is 0 Å². The summed E-state index contributed by atoms with van der Waals surface area (Å²) in [5, 5.41) is 9.89. The Balaban J connectivity index is 1.73. The summed E-state index contributed by atoms with van der Waals surface area (Å²) in [4.78, 5) is 12.1. The van der Waals surface area contributed by atoms with Crippen LogP contribution < -0.4 is 9.47 Å². The molecule has 1 N–H and O–H groups in total. The van der Waals surface area contributed by atoms with Crippen molar-refractivity contribution in [2.24, 2.45) is 5.92 Å². The third kappa shape index (κ3) is 4.91. The van der Waals surface area contributed by atoms with E-state index >= 15 is 4.39 Å². The molecule has 1 atom stereocenters. The number of benzene rings is 2. The summed E-state index contributed by atoms with van der Waals surface area (Å²) in [6, 6.07) is 7.28. The van der Waals surface area contributed by atoms with E-state index in [9.17, 15) is 9.90 Å². The molecular formula is C27H33FO6. The highest BCUT2D eigenvalue weighted by molar-refractivity contribution is 5.78. The molecule has 2 heterocycles. The van der Waals surface area contributed by atoms with Crippen LogP contribution in [0.2, 0.25) is 0 Å². The van der Waals surface area contributed by atoms with Gasteiger partial charge in [-0.25, -0.2) is 9.18 Å². The molecule has 0 bridgehead atoms. The van der Waals surface area contributed by atoms with Crippen LogP contribution in [0.15, 0.2) is 24.3 Å². The van der Waals surface area contributed by atoms with Gasteiger partial charge in [-0.15, -0.1) is 0 Å². The first-order valence-corrected chi connectivity index (χ1v) is 11.9. The highest BCUT2D eigenvalue weighted by Gasteiger charge is 2.43. The summed E-state index contributed by atoms with van der Waals surface area (Å²) in [5.41, 5.74) is 2.56. The largest absolute Gasteiger partial charge is 0.493 e. The number of carbonyl (C=O) groups is 1. The van der Waals surface area contributed by atoms with Gasteiger partial charge in [-0.1, -0.05) is 6.07 Å². The second-order valence-corrected chi connectivity index (χ2v) is 9.31. The third-order valence-corrected chi connectivity index (χ3v) is 7.15.